The van der Waals surface area contributed by atoms with Crippen LogP contribution in [0.2, 0.25) is 74.5 Å². The van der Waals surface area contributed by atoms with E-state index in [1.54, 1.807) is 59.7 Å². The van der Waals surface area contributed by atoms with Crippen molar-refractivity contribution in [1.29, 1.82) is 0 Å². The Kier molecular flexibility index (Phi) is 26.6. The van der Waals surface area contributed by atoms with E-state index in [0.717, 1.165) is 57.7 Å². The lowest BCUT2D eigenvalue weighted by Gasteiger charge is -2.28. The first-order valence-corrected chi connectivity index (χ1v) is 65.2. The number of aromatic nitrogens is 4. The fraction of sp³-hybridized carbons (Fsp3) is 0.508. The number of rotatable bonds is 18. The van der Waals surface area contributed by atoms with E-state index in [4.69, 9.17) is 0 Å². The van der Waals surface area contributed by atoms with Crippen LogP contribution in [-0.4, -0.2) is 32.3 Å². The fourth-order valence-electron chi connectivity index (χ4n) is 26.5. The summed E-state index contributed by atoms with van der Waals surface area (Å²) < 4.78 is 9.47. The van der Waals surface area contributed by atoms with Crippen LogP contribution < -0.4 is 39.0 Å². The largest absolute Gasteiger partial charge is 0.220 e. The summed E-state index contributed by atoms with van der Waals surface area (Å²) in [5.74, 6) is 4.51. The zero-order valence-electron chi connectivity index (χ0n) is 83.6. The maximum atomic E-state index is 2.66. The van der Waals surface area contributed by atoms with Gasteiger partial charge in [0, 0.05) is 29.8 Å². The van der Waals surface area contributed by atoms with Gasteiger partial charge >= 0.3 is 0 Å². The molecule has 0 bridgehead atoms. The SMILES string of the molecule is Cc1c(-c2c3ccc([Si](C)(C)C4CC4)cc3cc[n+]2C)cc(C2CCCC2)cc1C1CCCC1.Cc1c(-c2c3ccc([Si](C)(C)C4CC4)cc3cc[n+]2C)cc(C2CCCCC2)cc1C1CCCCC1.Cc1cc(C2CCCC2)cc(-c2c3ccc([Si](C)(C)C4CC4)cc3cc[n+]2C)c1C.Cc1ccc(C2CCCCC2)cc1-c1c2ccc([Si](C)(C)C3CC3)cc2cc[n+]1C. The highest BCUT2D eigenvalue weighted by Gasteiger charge is 2.45. The number of pyridine rings is 4. The monoisotopic (exact) mass is 1790 g/mol. The van der Waals surface area contributed by atoms with Crippen LogP contribution in [0.5, 0.6) is 0 Å². The lowest BCUT2D eigenvalue weighted by atomic mass is 9.76. The van der Waals surface area contributed by atoms with Gasteiger partial charge in [-0.1, -0.05) is 300 Å². The van der Waals surface area contributed by atoms with Crippen LogP contribution in [0.15, 0.2) is 176 Å². The molecule has 8 heteroatoms. The highest BCUT2D eigenvalue weighted by molar-refractivity contribution is 6.93. The van der Waals surface area contributed by atoms with Crippen molar-refractivity contribution in [3.8, 4) is 45.0 Å². The molecule has 4 aromatic heterocycles. The molecule has 0 radical (unpaired) electrons. The highest BCUT2D eigenvalue weighted by Crippen LogP contribution is 2.52. The van der Waals surface area contributed by atoms with Crippen molar-refractivity contribution >= 4 is 96.1 Å². The molecule has 0 atom stereocenters. The van der Waals surface area contributed by atoms with Gasteiger partial charge in [0.1, 0.15) is 28.2 Å². The molecule has 0 unspecified atom stereocenters. The average Bonchev–Trinajstić information content (AvgIpc) is 1.31. The van der Waals surface area contributed by atoms with Crippen molar-refractivity contribution < 1.29 is 18.3 Å². The number of benzene rings is 8. The van der Waals surface area contributed by atoms with Crippen molar-refractivity contribution in [2.45, 2.75) is 369 Å². The van der Waals surface area contributed by atoms with Gasteiger partial charge in [-0.2, -0.15) is 0 Å². The van der Waals surface area contributed by atoms with Gasteiger partial charge in [0.25, 0.3) is 0 Å². The van der Waals surface area contributed by atoms with Gasteiger partial charge in [0.2, 0.25) is 22.8 Å². The number of aryl methyl sites for hydroxylation is 6. The van der Waals surface area contributed by atoms with Crippen molar-refractivity contribution in [3.63, 3.8) is 0 Å². The van der Waals surface area contributed by atoms with Crippen LogP contribution >= 0.6 is 0 Å². The second kappa shape index (κ2) is 37.9. The summed E-state index contributed by atoms with van der Waals surface area (Å²) >= 11 is 0. The summed E-state index contributed by atoms with van der Waals surface area (Å²) in [5, 5.41) is 17.9. The van der Waals surface area contributed by atoms with Crippen LogP contribution in [0, 0.1) is 34.6 Å². The lowest BCUT2D eigenvalue weighted by Crippen LogP contribution is -2.41. The van der Waals surface area contributed by atoms with Crippen LogP contribution in [0.3, 0.4) is 0 Å². The van der Waals surface area contributed by atoms with Crippen molar-refractivity contribution in [2.24, 2.45) is 28.2 Å². The van der Waals surface area contributed by atoms with Crippen molar-refractivity contribution in [3.05, 3.63) is 238 Å². The summed E-state index contributed by atoms with van der Waals surface area (Å²) in [4.78, 5) is 0. The zero-order valence-corrected chi connectivity index (χ0v) is 87.6. The Hall–Kier alpha value is -7.73. The van der Waals surface area contributed by atoms with E-state index >= 15 is 0 Å². The van der Waals surface area contributed by atoms with E-state index in [-0.39, 0.29) is 0 Å². The Morgan fingerprint density at radius 3 is 0.754 bits per heavy atom. The number of nitrogens with zero attached hydrogens (tertiary/aromatic N) is 4. The van der Waals surface area contributed by atoms with Gasteiger partial charge in [-0.25, -0.2) is 18.3 Å². The first-order chi connectivity index (χ1) is 62.7. The smallest absolute Gasteiger partial charge is 0.200 e. The molecule has 10 aliphatic carbocycles. The van der Waals surface area contributed by atoms with E-state index in [2.05, 4.69) is 310 Å². The van der Waals surface area contributed by atoms with Gasteiger partial charge in [0.05, 0.1) is 70.5 Å². The molecule has 10 aliphatic rings. The molecule has 0 N–H and O–H groups in total. The number of fused-ring (bicyclic) bond motifs is 4. The minimum Gasteiger partial charge on any atom is -0.200 e. The van der Waals surface area contributed by atoms with Crippen molar-refractivity contribution in [1.82, 2.24) is 0 Å². The third-order valence-corrected chi connectivity index (χ3v) is 54.1. The molecule has 130 heavy (non-hydrogen) atoms. The molecule has 4 heterocycles. The van der Waals surface area contributed by atoms with Gasteiger partial charge in [-0.15, -0.1) is 0 Å². The normalized spacial score (nSPS) is 19.1. The fourth-order valence-corrected chi connectivity index (χ4v) is 39.0. The third kappa shape index (κ3) is 18.7. The Morgan fingerprint density at radius 2 is 0.462 bits per heavy atom. The number of hydrogen-bond donors (Lipinski definition) is 0. The van der Waals surface area contributed by atoms with E-state index < -0.39 is 32.3 Å². The van der Waals surface area contributed by atoms with Gasteiger partial charge in [-0.05, 0) is 301 Å². The first kappa shape index (κ1) is 91.4. The molecule has 4 nitrogen and oxygen atoms in total. The molecule has 22 rings (SSSR count). The summed E-state index contributed by atoms with van der Waals surface area (Å²) in [6, 6.07) is 61.9. The maximum absolute atomic E-state index is 2.66. The molecule has 0 amide bonds. The molecule has 8 aromatic carbocycles. The standard InChI is InChI=1S/C34H46NSi.C32H42NSi.2C28H36NSi/c1-24-32(26-13-9-6-10-14-26)22-28(25-11-7-5-8-12-25)23-33(24)34-31-18-17-30(36(3,4)29-15-16-29)21-27(31)19-20-35(34)2;1-22-30(24-11-7-8-12-24)20-26(23-9-5-6-10-23)21-31(22)32-29-16-15-28(34(3,4)27-13-14-27)19-25(29)17-18-33(32)2;1-19-16-23(21-8-6-7-9-21)18-27(20(19)2)28-26-13-12-25(30(4,5)24-10-11-24)17-22(26)14-15-29(28)3;1-20-10-11-22(21-8-6-5-7-9-21)19-27(20)28-26-15-14-25(30(3,4)24-12-13-24)18-23(26)16-17-29(28)2/h17-23,25-26,29H,5-16H2,1-4H3;15-21,23-24,27H,5-14H2,1-4H3;12-18,21,24H,6-11H2,1-5H3;10-11,14-19,21,24H,5-9,12-13H2,1-4H3/q4*+1. The minimum absolute atomic E-state index is 0.746. The lowest BCUT2D eigenvalue weighted by molar-refractivity contribution is -0.659. The molecular formula is C122H160N4Si4+4. The van der Waals surface area contributed by atoms with E-state index in [9.17, 15) is 0 Å². The van der Waals surface area contributed by atoms with Gasteiger partial charge < -0.3 is 0 Å². The Bertz CT molecular complexity index is 6180. The molecule has 0 spiro atoms. The highest BCUT2D eigenvalue weighted by atomic mass is 28.3. The minimum atomic E-state index is -1.35. The predicted molar refractivity (Wildman–Crippen MR) is 567 cm³/mol. The van der Waals surface area contributed by atoms with Gasteiger partial charge in [-0.3, -0.25) is 0 Å². The maximum Gasteiger partial charge on any atom is 0.220 e. The van der Waals surface area contributed by atoms with Crippen LogP contribution in [0.25, 0.3) is 88.1 Å². The molecule has 0 saturated heterocycles. The van der Waals surface area contributed by atoms with Crippen LogP contribution in [0.4, 0.5) is 0 Å². The predicted octanol–water partition coefficient (Wildman–Crippen LogP) is 30.3. The van der Waals surface area contributed by atoms with Gasteiger partial charge in [0.15, 0.2) is 24.8 Å². The molecule has 680 valence electrons. The average molecular weight is 1790 g/mol. The summed E-state index contributed by atoms with van der Waals surface area (Å²) in [6.45, 7) is 32.3. The summed E-state index contributed by atoms with van der Waals surface area (Å²) in [6.07, 6.45) is 58.2. The molecular weight excluding hydrogens is 1630 g/mol. The molecule has 12 aromatic rings. The Balaban J connectivity index is 0.000000113. The van der Waals surface area contributed by atoms with E-state index in [1.807, 2.05) is 0 Å². The second-order valence-electron chi connectivity index (χ2n) is 46.4. The van der Waals surface area contributed by atoms with E-state index in [1.165, 1.54) is 335 Å². The number of hydrogen-bond acceptors (Lipinski definition) is 0. The molecule has 0 aliphatic heterocycles. The van der Waals surface area contributed by atoms with Crippen LogP contribution in [0.1, 0.15) is 321 Å². The van der Waals surface area contributed by atoms with Crippen molar-refractivity contribution in [2.75, 3.05) is 0 Å². The summed E-state index contributed by atoms with van der Waals surface area (Å²) in [5.41, 5.74) is 32.4. The first-order valence-electron chi connectivity index (χ1n) is 52.9. The molecule has 10 saturated carbocycles. The zero-order chi connectivity index (χ0) is 90.2. The molecule has 10 fully saturated rings. The summed E-state index contributed by atoms with van der Waals surface area (Å²) in [7, 11) is 3.59. The second-order valence-corrected chi connectivity index (χ2v) is 65.7. The Morgan fingerprint density at radius 1 is 0.215 bits per heavy atom. The van der Waals surface area contributed by atoms with E-state index in [0.29, 0.717) is 0 Å². The quantitative estimate of drug-likeness (QED) is 0.0601. The Labute approximate surface area is 788 Å². The van der Waals surface area contributed by atoms with Crippen LogP contribution in [-0.2, 0) is 28.2 Å². The topological polar surface area (TPSA) is 15.5 Å². The third-order valence-electron chi connectivity index (χ3n) is 36.5.